The minimum absolute atomic E-state index is 0.0389. The first-order valence-electron chi connectivity index (χ1n) is 10.2. The first-order chi connectivity index (χ1) is 14.2. The minimum Gasteiger partial charge on any atom is -0.469 e. The van der Waals surface area contributed by atoms with Gasteiger partial charge in [0, 0.05) is 25.3 Å². The van der Waals surface area contributed by atoms with Crippen molar-refractivity contribution in [2.75, 3.05) is 7.11 Å². The maximum Gasteiger partial charge on any atom is 0.305 e. The Hall–Kier alpha value is -2.54. The van der Waals surface area contributed by atoms with Gasteiger partial charge in [-0.1, -0.05) is 44.1 Å². The quantitative estimate of drug-likeness (QED) is 0.221. The van der Waals surface area contributed by atoms with Gasteiger partial charge in [-0.05, 0) is 31.4 Å². The molecule has 1 rings (SSSR count). The predicted molar refractivity (Wildman–Crippen MR) is 111 cm³/mol. The highest BCUT2D eigenvalue weighted by atomic mass is 19.1. The summed E-state index contributed by atoms with van der Waals surface area (Å²) in [6, 6.07) is 0. The number of halogens is 1. The summed E-state index contributed by atoms with van der Waals surface area (Å²) in [6.07, 6.45) is 12.5. The van der Waals surface area contributed by atoms with Gasteiger partial charge in [0.2, 0.25) is 5.78 Å². The predicted octanol–water partition coefficient (Wildman–Crippen LogP) is 4.05. The molecule has 0 heterocycles. The fourth-order valence-electron chi connectivity index (χ4n) is 3.01. The van der Waals surface area contributed by atoms with Crippen molar-refractivity contribution < 1.29 is 33.4 Å². The first kappa shape index (κ1) is 25.5. The van der Waals surface area contributed by atoms with Crippen LogP contribution in [-0.2, 0) is 23.9 Å². The van der Waals surface area contributed by atoms with Gasteiger partial charge in [0.1, 0.15) is 11.7 Å². The van der Waals surface area contributed by atoms with E-state index >= 15 is 0 Å². The van der Waals surface area contributed by atoms with E-state index in [4.69, 9.17) is 4.74 Å². The molecule has 7 heteroatoms. The third kappa shape index (κ3) is 8.45. The lowest BCUT2D eigenvalue weighted by atomic mass is 9.92. The van der Waals surface area contributed by atoms with Crippen molar-refractivity contribution in [2.45, 2.75) is 70.5 Å². The molecule has 0 aliphatic heterocycles. The molecule has 2 atom stereocenters. The molecule has 0 radical (unpaired) electrons. The van der Waals surface area contributed by atoms with Crippen molar-refractivity contribution in [3.8, 4) is 0 Å². The standard InChI is InChI=1S/C23H31FO6/c1-4-5-6-7-8-9-15-23(28)16-20(24)22(27)19(23)12-10-11-18(30-17(2)25)13-14-21(26)29-3/h8-12,16,18,28H,4-7,13-15H2,1-3H3/b9-8-,11-10+,19-12-/t18-,23-/m0/s1. The van der Waals surface area contributed by atoms with Crippen molar-refractivity contribution in [2.24, 2.45) is 0 Å². The number of ketones is 1. The molecular formula is C23H31FO6. The number of unbranched alkanes of at least 4 members (excludes halogenated alkanes) is 3. The molecule has 1 N–H and O–H groups in total. The summed E-state index contributed by atoms with van der Waals surface area (Å²) < 4.78 is 23.6. The van der Waals surface area contributed by atoms with E-state index in [0.717, 1.165) is 31.8 Å². The number of hydrogen-bond donors (Lipinski definition) is 1. The Labute approximate surface area is 177 Å². The second-order valence-corrected chi connectivity index (χ2v) is 7.14. The maximum absolute atomic E-state index is 13.9. The number of rotatable bonds is 12. The lowest BCUT2D eigenvalue weighted by Crippen LogP contribution is -2.27. The van der Waals surface area contributed by atoms with E-state index in [1.54, 1.807) is 6.08 Å². The number of aliphatic hydroxyl groups is 1. The molecule has 0 fully saturated rings. The molecule has 0 spiro atoms. The average molecular weight is 422 g/mol. The van der Waals surface area contributed by atoms with Crippen molar-refractivity contribution in [3.05, 3.63) is 47.9 Å². The zero-order valence-electron chi connectivity index (χ0n) is 17.9. The smallest absolute Gasteiger partial charge is 0.305 e. The molecule has 0 saturated heterocycles. The number of carbonyl (C=O) groups excluding carboxylic acids is 3. The van der Waals surface area contributed by atoms with Crippen LogP contribution in [0.3, 0.4) is 0 Å². The Kier molecular flexibility index (Phi) is 11.0. The lowest BCUT2D eigenvalue weighted by Gasteiger charge is -2.19. The molecule has 1 aliphatic carbocycles. The molecule has 0 aromatic carbocycles. The van der Waals surface area contributed by atoms with Crippen LogP contribution in [0.4, 0.5) is 4.39 Å². The molecule has 0 amide bonds. The van der Waals surface area contributed by atoms with Crippen LogP contribution in [-0.4, -0.2) is 41.6 Å². The zero-order chi connectivity index (χ0) is 22.6. The monoisotopic (exact) mass is 422 g/mol. The van der Waals surface area contributed by atoms with Crippen molar-refractivity contribution in [1.82, 2.24) is 0 Å². The van der Waals surface area contributed by atoms with E-state index in [1.165, 1.54) is 32.3 Å². The molecule has 30 heavy (non-hydrogen) atoms. The molecule has 1 aliphatic rings. The molecule has 0 saturated carbocycles. The Morgan fingerprint density at radius 1 is 1.30 bits per heavy atom. The normalized spacial score (nSPS) is 21.4. The summed E-state index contributed by atoms with van der Waals surface area (Å²) in [5, 5.41) is 10.8. The minimum atomic E-state index is -1.73. The number of Topliss-reactive ketones (excluding diaryl/α,β-unsaturated/α-hetero) is 1. The number of esters is 2. The molecule has 166 valence electrons. The van der Waals surface area contributed by atoms with E-state index in [9.17, 15) is 23.9 Å². The van der Waals surface area contributed by atoms with Gasteiger partial charge in [0.25, 0.3) is 0 Å². The number of carbonyl (C=O) groups is 3. The topological polar surface area (TPSA) is 89.9 Å². The molecule has 6 nitrogen and oxygen atoms in total. The van der Waals surface area contributed by atoms with Crippen LogP contribution in [0.5, 0.6) is 0 Å². The van der Waals surface area contributed by atoms with Gasteiger partial charge in [0.15, 0.2) is 5.83 Å². The van der Waals surface area contributed by atoms with Gasteiger partial charge in [0.05, 0.1) is 7.11 Å². The highest BCUT2D eigenvalue weighted by Gasteiger charge is 2.41. The van der Waals surface area contributed by atoms with E-state index in [-0.39, 0.29) is 24.8 Å². The summed E-state index contributed by atoms with van der Waals surface area (Å²) in [5.41, 5.74) is -1.82. The van der Waals surface area contributed by atoms with Crippen LogP contribution < -0.4 is 0 Å². The van der Waals surface area contributed by atoms with E-state index in [1.807, 2.05) is 6.08 Å². The third-order valence-corrected chi connectivity index (χ3v) is 4.63. The van der Waals surface area contributed by atoms with Crippen molar-refractivity contribution >= 4 is 17.7 Å². The van der Waals surface area contributed by atoms with Gasteiger partial charge < -0.3 is 14.6 Å². The van der Waals surface area contributed by atoms with Crippen LogP contribution in [0, 0.1) is 0 Å². The fourth-order valence-corrected chi connectivity index (χ4v) is 3.01. The van der Waals surface area contributed by atoms with Gasteiger partial charge in [-0.25, -0.2) is 4.39 Å². The SMILES string of the molecule is CCCCC/C=C\C[C@]1(O)C=C(F)C(=O)/C1=C/C=C/[C@@H](CCC(=O)OC)OC(C)=O. The maximum atomic E-state index is 13.9. The molecule has 0 aromatic rings. The number of ether oxygens (including phenoxy) is 2. The molecular weight excluding hydrogens is 391 g/mol. The lowest BCUT2D eigenvalue weighted by molar-refractivity contribution is -0.147. The molecule has 0 aromatic heterocycles. The largest absolute Gasteiger partial charge is 0.469 e. The summed E-state index contributed by atoms with van der Waals surface area (Å²) in [6.45, 7) is 3.35. The van der Waals surface area contributed by atoms with Crippen LogP contribution in [0.15, 0.2) is 47.9 Å². The van der Waals surface area contributed by atoms with Gasteiger partial charge in [-0.2, -0.15) is 0 Å². The van der Waals surface area contributed by atoms with E-state index in [0.29, 0.717) is 0 Å². The van der Waals surface area contributed by atoms with Crippen molar-refractivity contribution in [3.63, 3.8) is 0 Å². The molecule has 0 unspecified atom stereocenters. The van der Waals surface area contributed by atoms with Crippen LogP contribution in [0.2, 0.25) is 0 Å². The van der Waals surface area contributed by atoms with E-state index < -0.39 is 35.3 Å². The van der Waals surface area contributed by atoms with Crippen LogP contribution in [0.1, 0.15) is 58.8 Å². The van der Waals surface area contributed by atoms with Gasteiger partial charge >= 0.3 is 11.9 Å². The summed E-state index contributed by atoms with van der Waals surface area (Å²) in [5.74, 6) is -2.85. The Bertz CT molecular complexity index is 734. The Balaban J connectivity index is 2.88. The zero-order valence-corrected chi connectivity index (χ0v) is 17.9. The summed E-state index contributed by atoms with van der Waals surface area (Å²) in [7, 11) is 1.26. The number of allylic oxidation sites excluding steroid dienone is 4. The molecule has 0 bridgehead atoms. The Morgan fingerprint density at radius 3 is 2.67 bits per heavy atom. The van der Waals surface area contributed by atoms with Gasteiger partial charge in [-0.15, -0.1) is 0 Å². The second kappa shape index (κ2) is 12.9. The van der Waals surface area contributed by atoms with Gasteiger partial charge in [-0.3, -0.25) is 14.4 Å². The highest BCUT2D eigenvalue weighted by Crippen LogP contribution is 2.34. The highest BCUT2D eigenvalue weighted by molar-refractivity contribution is 6.11. The van der Waals surface area contributed by atoms with Crippen molar-refractivity contribution in [1.29, 1.82) is 0 Å². The van der Waals surface area contributed by atoms with Crippen LogP contribution in [0.25, 0.3) is 0 Å². The summed E-state index contributed by atoms with van der Waals surface area (Å²) in [4.78, 5) is 34.7. The number of hydrogen-bond acceptors (Lipinski definition) is 6. The van der Waals surface area contributed by atoms with Crippen LogP contribution >= 0.6 is 0 Å². The second-order valence-electron chi connectivity index (χ2n) is 7.14. The Morgan fingerprint density at radius 2 is 2.03 bits per heavy atom. The fraction of sp³-hybridized carbons (Fsp3) is 0.522. The number of methoxy groups -OCH3 is 1. The summed E-state index contributed by atoms with van der Waals surface area (Å²) >= 11 is 0. The first-order valence-corrected chi connectivity index (χ1v) is 10.2. The average Bonchev–Trinajstić information content (AvgIpc) is 2.91. The third-order valence-electron chi connectivity index (χ3n) is 4.63. The van der Waals surface area contributed by atoms with E-state index in [2.05, 4.69) is 11.7 Å².